The summed E-state index contributed by atoms with van der Waals surface area (Å²) in [5, 5.41) is 3.52. The van der Waals surface area contributed by atoms with Crippen molar-refractivity contribution in [3.05, 3.63) is 28.5 Å². The molecule has 0 bridgehead atoms. The number of rotatable bonds is 4. The van der Waals surface area contributed by atoms with Gasteiger partial charge in [-0.1, -0.05) is 13.3 Å². The van der Waals surface area contributed by atoms with Crippen LogP contribution in [0, 0.1) is 5.92 Å². The molecule has 1 aromatic heterocycles. The molecule has 2 unspecified atom stereocenters. The molecule has 0 spiro atoms. The van der Waals surface area contributed by atoms with E-state index in [2.05, 4.69) is 51.2 Å². The van der Waals surface area contributed by atoms with Crippen LogP contribution in [-0.2, 0) is 0 Å². The van der Waals surface area contributed by atoms with Crippen molar-refractivity contribution < 1.29 is 0 Å². The Hall–Kier alpha value is -0.450. The average Bonchev–Trinajstić information content (AvgIpc) is 2.58. The van der Waals surface area contributed by atoms with E-state index in [-0.39, 0.29) is 0 Å². The Bertz CT molecular complexity index is 397. The van der Waals surface area contributed by atoms with Gasteiger partial charge in [0, 0.05) is 22.9 Å². The zero-order chi connectivity index (χ0) is 13.7. The molecule has 1 fully saturated rings. The van der Waals surface area contributed by atoms with E-state index >= 15 is 0 Å². The van der Waals surface area contributed by atoms with Gasteiger partial charge in [0.15, 0.2) is 0 Å². The summed E-state index contributed by atoms with van der Waals surface area (Å²) in [6.07, 6.45) is 7.82. The minimum atomic E-state index is 0.478. The standard InChI is InChI=1S/C15H24BrN3/c1-3-17-9-12-6-4-5-7-19(2)15(12)13-8-14(16)11-18-10-13/h8,10-12,15,17H,3-7,9H2,1-2H3. The van der Waals surface area contributed by atoms with E-state index in [1.165, 1.54) is 31.4 Å². The summed E-state index contributed by atoms with van der Waals surface area (Å²) in [6.45, 7) is 5.50. The van der Waals surface area contributed by atoms with Crippen LogP contribution >= 0.6 is 15.9 Å². The zero-order valence-electron chi connectivity index (χ0n) is 11.9. The molecule has 3 nitrogen and oxygen atoms in total. The number of nitrogens with one attached hydrogen (secondary N) is 1. The highest BCUT2D eigenvalue weighted by Gasteiger charge is 2.28. The maximum Gasteiger partial charge on any atom is 0.0410 e. The second-order valence-electron chi connectivity index (χ2n) is 5.43. The molecule has 19 heavy (non-hydrogen) atoms. The van der Waals surface area contributed by atoms with Gasteiger partial charge in [-0.15, -0.1) is 0 Å². The molecule has 2 heterocycles. The van der Waals surface area contributed by atoms with Gasteiger partial charge in [0.25, 0.3) is 0 Å². The summed E-state index contributed by atoms with van der Waals surface area (Å²) >= 11 is 3.54. The predicted octanol–water partition coefficient (Wildman–Crippen LogP) is 3.23. The molecule has 1 aliphatic heterocycles. The first-order valence-electron chi connectivity index (χ1n) is 7.23. The van der Waals surface area contributed by atoms with Gasteiger partial charge in [0.2, 0.25) is 0 Å². The van der Waals surface area contributed by atoms with Crippen molar-refractivity contribution in [2.45, 2.75) is 32.2 Å². The van der Waals surface area contributed by atoms with Crippen LogP contribution in [0.2, 0.25) is 0 Å². The van der Waals surface area contributed by atoms with Crippen LogP contribution < -0.4 is 5.32 Å². The molecule has 0 saturated carbocycles. The summed E-state index contributed by atoms with van der Waals surface area (Å²) in [5.74, 6) is 0.670. The first kappa shape index (κ1) is 14.9. The highest BCUT2D eigenvalue weighted by molar-refractivity contribution is 9.10. The third-order valence-electron chi connectivity index (χ3n) is 3.98. The normalized spacial score (nSPS) is 25.2. The second kappa shape index (κ2) is 7.36. The number of pyridine rings is 1. The molecular weight excluding hydrogens is 302 g/mol. The van der Waals surface area contributed by atoms with Gasteiger partial charge in [-0.3, -0.25) is 9.88 Å². The molecule has 0 aromatic carbocycles. The van der Waals surface area contributed by atoms with E-state index in [1.807, 2.05) is 12.4 Å². The monoisotopic (exact) mass is 325 g/mol. The Kier molecular flexibility index (Phi) is 5.79. The molecule has 0 amide bonds. The van der Waals surface area contributed by atoms with Crippen LogP contribution in [0.3, 0.4) is 0 Å². The number of hydrogen-bond donors (Lipinski definition) is 1. The molecule has 2 atom stereocenters. The first-order valence-corrected chi connectivity index (χ1v) is 8.03. The third-order valence-corrected chi connectivity index (χ3v) is 4.41. The number of hydrogen-bond acceptors (Lipinski definition) is 3. The maximum absolute atomic E-state index is 4.35. The van der Waals surface area contributed by atoms with Crippen LogP contribution in [-0.4, -0.2) is 36.6 Å². The Morgan fingerprint density at radius 2 is 2.26 bits per heavy atom. The minimum absolute atomic E-state index is 0.478. The Morgan fingerprint density at radius 1 is 1.42 bits per heavy atom. The Balaban J connectivity index is 2.23. The average molecular weight is 326 g/mol. The van der Waals surface area contributed by atoms with Crippen LogP contribution in [0.4, 0.5) is 0 Å². The molecule has 106 valence electrons. The summed E-state index contributed by atoms with van der Waals surface area (Å²) in [5.41, 5.74) is 1.33. The third kappa shape index (κ3) is 4.01. The summed E-state index contributed by atoms with van der Waals surface area (Å²) < 4.78 is 1.07. The topological polar surface area (TPSA) is 28.2 Å². The molecule has 2 rings (SSSR count). The SMILES string of the molecule is CCNCC1CCCCN(C)C1c1cncc(Br)c1. The molecule has 4 heteroatoms. The van der Waals surface area contributed by atoms with Crippen molar-refractivity contribution in [2.24, 2.45) is 5.92 Å². The predicted molar refractivity (Wildman–Crippen MR) is 83.2 cm³/mol. The van der Waals surface area contributed by atoms with Crippen molar-refractivity contribution in [3.8, 4) is 0 Å². The Morgan fingerprint density at radius 3 is 3.00 bits per heavy atom. The zero-order valence-corrected chi connectivity index (χ0v) is 13.5. The van der Waals surface area contributed by atoms with E-state index in [0.717, 1.165) is 17.6 Å². The first-order chi connectivity index (χ1) is 9.22. The molecule has 1 aliphatic rings. The lowest BCUT2D eigenvalue weighted by Gasteiger charge is -2.32. The van der Waals surface area contributed by atoms with Gasteiger partial charge >= 0.3 is 0 Å². The number of nitrogens with zero attached hydrogens (tertiary/aromatic N) is 2. The summed E-state index contributed by atoms with van der Waals surface area (Å²) in [4.78, 5) is 6.84. The maximum atomic E-state index is 4.35. The van der Waals surface area contributed by atoms with Crippen LogP contribution in [0.1, 0.15) is 37.8 Å². The van der Waals surface area contributed by atoms with E-state index in [9.17, 15) is 0 Å². The number of likely N-dealkylation sites (tertiary alicyclic amines) is 1. The van der Waals surface area contributed by atoms with Gasteiger partial charge < -0.3 is 5.32 Å². The van der Waals surface area contributed by atoms with E-state index < -0.39 is 0 Å². The lowest BCUT2D eigenvalue weighted by Crippen LogP contribution is -2.35. The number of halogens is 1. The molecule has 0 radical (unpaired) electrons. The van der Waals surface area contributed by atoms with Gasteiger partial charge in [-0.2, -0.15) is 0 Å². The summed E-state index contributed by atoms with van der Waals surface area (Å²) in [6, 6.07) is 2.70. The van der Waals surface area contributed by atoms with Gasteiger partial charge in [-0.05, 0) is 73.0 Å². The smallest absolute Gasteiger partial charge is 0.0410 e. The van der Waals surface area contributed by atoms with Crippen molar-refractivity contribution in [3.63, 3.8) is 0 Å². The summed E-state index contributed by atoms with van der Waals surface area (Å²) in [7, 11) is 2.25. The molecular formula is C15H24BrN3. The highest BCUT2D eigenvalue weighted by Crippen LogP contribution is 2.34. The van der Waals surface area contributed by atoms with Gasteiger partial charge in [-0.25, -0.2) is 0 Å². The van der Waals surface area contributed by atoms with Gasteiger partial charge in [0.05, 0.1) is 0 Å². The van der Waals surface area contributed by atoms with E-state index in [4.69, 9.17) is 0 Å². The largest absolute Gasteiger partial charge is 0.317 e. The lowest BCUT2D eigenvalue weighted by atomic mass is 9.90. The quantitative estimate of drug-likeness (QED) is 0.921. The fourth-order valence-corrected chi connectivity index (χ4v) is 3.47. The highest BCUT2D eigenvalue weighted by atomic mass is 79.9. The molecule has 1 saturated heterocycles. The molecule has 1 N–H and O–H groups in total. The van der Waals surface area contributed by atoms with Gasteiger partial charge in [0.1, 0.15) is 0 Å². The second-order valence-corrected chi connectivity index (χ2v) is 6.34. The fraction of sp³-hybridized carbons (Fsp3) is 0.667. The van der Waals surface area contributed by atoms with Crippen LogP contribution in [0.25, 0.3) is 0 Å². The Labute approximate surface area is 124 Å². The lowest BCUT2D eigenvalue weighted by molar-refractivity contribution is 0.189. The number of aromatic nitrogens is 1. The fourth-order valence-electron chi connectivity index (χ4n) is 3.08. The van der Waals surface area contributed by atoms with Crippen LogP contribution in [0.15, 0.2) is 22.9 Å². The minimum Gasteiger partial charge on any atom is -0.317 e. The molecule has 1 aromatic rings. The van der Waals surface area contributed by atoms with Crippen molar-refractivity contribution >= 4 is 15.9 Å². The van der Waals surface area contributed by atoms with E-state index in [0.29, 0.717) is 12.0 Å². The van der Waals surface area contributed by atoms with Crippen molar-refractivity contribution in [1.82, 2.24) is 15.2 Å². The van der Waals surface area contributed by atoms with Crippen molar-refractivity contribution in [2.75, 3.05) is 26.7 Å². The molecule has 0 aliphatic carbocycles. The van der Waals surface area contributed by atoms with Crippen LogP contribution in [0.5, 0.6) is 0 Å². The van der Waals surface area contributed by atoms with Crippen molar-refractivity contribution in [1.29, 1.82) is 0 Å². The van der Waals surface area contributed by atoms with E-state index in [1.54, 1.807) is 0 Å².